The Hall–Kier alpha value is -3.66. The van der Waals surface area contributed by atoms with Crippen molar-refractivity contribution in [2.45, 2.75) is 38.8 Å². The Morgan fingerprint density at radius 2 is 1.76 bits per heavy atom. The normalized spacial score (nSPS) is 17.1. The number of piperidine rings is 1. The predicted octanol–water partition coefficient (Wildman–Crippen LogP) is 3.28. The Morgan fingerprint density at radius 3 is 2.59 bits per heavy atom. The lowest BCUT2D eigenvalue weighted by Gasteiger charge is -2.32. The second-order valence-corrected chi connectivity index (χ2v) is 9.03. The summed E-state index contributed by atoms with van der Waals surface area (Å²) in [6.45, 7) is 7.29. The summed E-state index contributed by atoms with van der Waals surface area (Å²) in [5.41, 5.74) is 5.86. The van der Waals surface area contributed by atoms with Crippen LogP contribution in [-0.4, -0.2) is 67.0 Å². The van der Waals surface area contributed by atoms with Crippen LogP contribution in [0.15, 0.2) is 36.9 Å². The summed E-state index contributed by atoms with van der Waals surface area (Å²) < 4.78 is 0. The first-order valence-corrected chi connectivity index (χ1v) is 12.1. The van der Waals surface area contributed by atoms with E-state index in [9.17, 15) is 0 Å². The third kappa shape index (κ3) is 4.16. The maximum Gasteiger partial charge on any atom is 0.231 e. The summed E-state index contributed by atoms with van der Waals surface area (Å²) >= 11 is 0. The second-order valence-electron chi connectivity index (χ2n) is 9.03. The number of fused-ring (bicyclic) bond motifs is 2. The minimum atomic E-state index is 0.537. The van der Waals surface area contributed by atoms with Gasteiger partial charge in [0.1, 0.15) is 5.52 Å². The molecule has 0 unspecified atom stereocenters. The van der Waals surface area contributed by atoms with Gasteiger partial charge in [-0.05, 0) is 43.7 Å². The zero-order valence-electron chi connectivity index (χ0n) is 19.4. The molecule has 4 N–H and O–H groups in total. The highest BCUT2D eigenvalue weighted by Gasteiger charge is 2.23. The van der Waals surface area contributed by atoms with Crippen LogP contribution in [0.2, 0.25) is 0 Å². The summed E-state index contributed by atoms with van der Waals surface area (Å²) in [5, 5.41) is 7.05. The number of benzene rings is 1. The summed E-state index contributed by atoms with van der Waals surface area (Å²) in [4.78, 5) is 29.5. The van der Waals surface area contributed by atoms with Gasteiger partial charge in [-0.3, -0.25) is 0 Å². The van der Waals surface area contributed by atoms with E-state index in [0.717, 1.165) is 60.2 Å². The molecule has 2 aliphatic rings. The predicted molar refractivity (Wildman–Crippen MR) is 134 cm³/mol. The molecule has 10 nitrogen and oxygen atoms in total. The van der Waals surface area contributed by atoms with Gasteiger partial charge in [0.05, 0.1) is 30.6 Å². The maximum absolute atomic E-state index is 4.86. The Bertz CT molecular complexity index is 1250. The molecule has 0 atom stereocenters. The Morgan fingerprint density at radius 1 is 0.971 bits per heavy atom. The Labute approximate surface area is 198 Å². The molecule has 0 radical (unpaired) electrons. The van der Waals surface area contributed by atoms with Gasteiger partial charge in [0.2, 0.25) is 5.95 Å². The molecule has 2 aliphatic heterocycles. The van der Waals surface area contributed by atoms with Crippen LogP contribution >= 0.6 is 0 Å². The number of aromatic amines is 2. The molecule has 34 heavy (non-hydrogen) atoms. The first kappa shape index (κ1) is 20.9. The standard InChI is InChI=1S/C24H30N10/c1-2-33-10-7-18(8-11-33)29-16-3-5-17(6-4-16)30-24-31-22-21(27-15-28-22)23(32-24)34-12-9-19-20(13-34)26-14-25-19/h3-6,14-15,18,29H,2,7-13H2,1H3,(H,25,26)(H2,27,28,30,31,32). The van der Waals surface area contributed by atoms with E-state index in [1.54, 1.807) is 12.7 Å². The number of anilines is 4. The van der Waals surface area contributed by atoms with E-state index in [2.05, 4.69) is 76.5 Å². The molecule has 1 aromatic carbocycles. The van der Waals surface area contributed by atoms with Crippen molar-refractivity contribution in [3.8, 4) is 0 Å². The fourth-order valence-electron chi connectivity index (χ4n) is 4.90. The van der Waals surface area contributed by atoms with Crippen molar-refractivity contribution in [3.05, 3.63) is 48.3 Å². The lowest BCUT2D eigenvalue weighted by molar-refractivity contribution is 0.229. The van der Waals surface area contributed by atoms with Gasteiger partial charge in [-0.15, -0.1) is 0 Å². The Balaban J connectivity index is 1.17. The molecular weight excluding hydrogens is 428 g/mol. The molecule has 5 heterocycles. The minimum absolute atomic E-state index is 0.537. The third-order valence-electron chi connectivity index (χ3n) is 6.89. The SMILES string of the molecule is CCN1CCC(Nc2ccc(Nc3nc(N4CCc5nc[nH]c5C4)c4[nH]cnc4n3)cc2)CC1. The summed E-state index contributed by atoms with van der Waals surface area (Å²) in [7, 11) is 0. The average Bonchev–Trinajstić information content (AvgIpc) is 3.54. The quantitative estimate of drug-likeness (QED) is 0.348. The maximum atomic E-state index is 4.86. The molecule has 0 spiro atoms. The molecule has 176 valence electrons. The lowest BCUT2D eigenvalue weighted by atomic mass is 10.0. The first-order chi connectivity index (χ1) is 16.7. The largest absolute Gasteiger partial charge is 0.382 e. The zero-order chi connectivity index (χ0) is 22.9. The molecule has 1 saturated heterocycles. The van der Waals surface area contributed by atoms with Crippen LogP contribution in [0.1, 0.15) is 31.2 Å². The van der Waals surface area contributed by atoms with Crippen molar-refractivity contribution in [1.82, 2.24) is 34.8 Å². The van der Waals surface area contributed by atoms with E-state index in [-0.39, 0.29) is 0 Å². The van der Waals surface area contributed by atoms with Crippen molar-refractivity contribution < 1.29 is 0 Å². The molecule has 6 rings (SSSR count). The van der Waals surface area contributed by atoms with Gasteiger partial charge in [0, 0.05) is 43.5 Å². The van der Waals surface area contributed by atoms with Crippen molar-refractivity contribution in [3.63, 3.8) is 0 Å². The number of nitrogens with zero attached hydrogens (tertiary/aromatic N) is 6. The molecule has 0 amide bonds. The van der Waals surface area contributed by atoms with Gasteiger partial charge in [-0.2, -0.15) is 9.97 Å². The van der Waals surface area contributed by atoms with Crippen LogP contribution in [-0.2, 0) is 13.0 Å². The highest BCUT2D eigenvalue weighted by atomic mass is 15.3. The van der Waals surface area contributed by atoms with Crippen LogP contribution in [0, 0.1) is 0 Å². The van der Waals surface area contributed by atoms with Crippen molar-refractivity contribution in [2.75, 3.05) is 41.7 Å². The topological polar surface area (TPSA) is 114 Å². The van der Waals surface area contributed by atoms with E-state index in [4.69, 9.17) is 4.98 Å². The molecule has 4 aromatic rings. The van der Waals surface area contributed by atoms with Crippen LogP contribution < -0.4 is 15.5 Å². The van der Waals surface area contributed by atoms with Crippen LogP contribution in [0.5, 0.6) is 0 Å². The van der Waals surface area contributed by atoms with Gasteiger partial charge in [-0.25, -0.2) is 9.97 Å². The van der Waals surface area contributed by atoms with Crippen molar-refractivity contribution in [2.24, 2.45) is 0 Å². The van der Waals surface area contributed by atoms with Crippen LogP contribution in [0.25, 0.3) is 11.2 Å². The number of rotatable bonds is 6. The summed E-state index contributed by atoms with van der Waals surface area (Å²) in [5.74, 6) is 1.39. The van der Waals surface area contributed by atoms with Crippen molar-refractivity contribution >= 4 is 34.3 Å². The van der Waals surface area contributed by atoms with Gasteiger partial charge in [0.15, 0.2) is 11.5 Å². The highest BCUT2D eigenvalue weighted by molar-refractivity contribution is 5.85. The van der Waals surface area contributed by atoms with E-state index in [1.165, 1.54) is 25.9 Å². The summed E-state index contributed by atoms with van der Waals surface area (Å²) in [6, 6.07) is 8.91. The number of likely N-dealkylation sites (tertiary alicyclic amines) is 1. The van der Waals surface area contributed by atoms with E-state index in [0.29, 0.717) is 17.6 Å². The second kappa shape index (κ2) is 8.94. The molecule has 0 bridgehead atoms. The van der Waals surface area contributed by atoms with Gasteiger partial charge in [-0.1, -0.05) is 6.92 Å². The smallest absolute Gasteiger partial charge is 0.231 e. The van der Waals surface area contributed by atoms with E-state index >= 15 is 0 Å². The number of hydrogen-bond acceptors (Lipinski definition) is 8. The van der Waals surface area contributed by atoms with Gasteiger partial charge < -0.3 is 30.4 Å². The fraction of sp³-hybridized carbons (Fsp3) is 0.417. The summed E-state index contributed by atoms with van der Waals surface area (Å²) in [6.07, 6.45) is 6.69. The highest BCUT2D eigenvalue weighted by Crippen LogP contribution is 2.28. The number of imidazole rings is 2. The number of hydrogen-bond donors (Lipinski definition) is 4. The third-order valence-corrected chi connectivity index (χ3v) is 6.89. The number of aromatic nitrogens is 6. The number of H-pyrrole nitrogens is 2. The van der Waals surface area contributed by atoms with E-state index < -0.39 is 0 Å². The lowest BCUT2D eigenvalue weighted by Crippen LogP contribution is -2.38. The molecule has 10 heteroatoms. The molecule has 1 fully saturated rings. The molecule has 3 aromatic heterocycles. The van der Waals surface area contributed by atoms with Gasteiger partial charge >= 0.3 is 0 Å². The first-order valence-electron chi connectivity index (χ1n) is 12.1. The van der Waals surface area contributed by atoms with Crippen LogP contribution in [0.4, 0.5) is 23.1 Å². The molecule has 0 aliphatic carbocycles. The number of nitrogens with one attached hydrogen (secondary N) is 4. The monoisotopic (exact) mass is 458 g/mol. The zero-order valence-corrected chi connectivity index (χ0v) is 19.4. The molecular formula is C24H30N10. The van der Waals surface area contributed by atoms with Crippen LogP contribution in [0.3, 0.4) is 0 Å². The van der Waals surface area contributed by atoms with Crippen molar-refractivity contribution in [1.29, 1.82) is 0 Å². The van der Waals surface area contributed by atoms with E-state index in [1.807, 2.05) is 0 Å². The fourth-order valence-corrected chi connectivity index (χ4v) is 4.90. The average molecular weight is 459 g/mol. The minimum Gasteiger partial charge on any atom is -0.382 e. The molecule has 0 saturated carbocycles. The Kier molecular flexibility index (Phi) is 5.50. The van der Waals surface area contributed by atoms with Gasteiger partial charge in [0.25, 0.3) is 0 Å².